The fraction of sp³-hybridized carbons (Fsp3) is 0.579. The third kappa shape index (κ3) is 5.05. The highest BCUT2D eigenvalue weighted by Crippen LogP contribution is 2.22. The Bertz CT molecular complexity index is 656. The van der Waals surface area contributed by atoms with Gasteiger partial charge >= 0.3 is 12.1 Å². The van der Waals surface area contributed by atoms with E-state index in [1.807, 2.05) is 24.0 Å². The Morgan fingerprint density at radius 1 is 1.07 bits per heavy atom. The molecule has 2 fully saturated rings. The number of ether oxygens (including phenoxy) is 1. The molecule has 0 atom stereocenters. The second kappa shape index (κ2) is 9.28. The van der Waals surface area contributed by atoms with Crippen LogP contribution in [0, 0.1) is 0 Å². The van der Waals surface area contributed by atoms with Gasteiger partial charge in [0.15, 0.2) is 0 Å². The van der Waals surface area contributed by atoms with Gasteiger partial charge in [-0.25, -0.2) is 9.59 Å². The van der Waals surface area contributed by atoms with Gasteiger partial charge in [0.05, 0.1) is 17.3 Å². The Balaban J connectivity index is 1.43. The SMILES string of the molecule is CCOC(=O)N1CCC(N2CCN(C(=O)Nc3ccccc3Cl)CC2)CC1. The first-order valence-electron chi connectivity index (χ1n) is 9.54. The van der Waals surface area contributed by atoms with Gasteiger partial charge in [0.1, 0.15) is 0 Å². The minimum Gasteiger partial charge on any atom is -0.450 e. The van der Waals surface area contributed by atoms with Crippen LogP contribution in [-0.2, 0) is 4.74 Å². The number of carbonyl (C=O) groups is 2. The number of para-hydroxylation sites is 1. The summed E-state index contributed by atoms with van der Waals surface area (Å²) in [5, 5.41) is 3.42. The van der Waals surface area contributed by atoms with Crippen molar-refractivity contribution in [1.29, 1.82) is 0 Å². The number of nitrogens with one attached hydrogen (secondary N) is 1. The van der Waals surface area contributed by atoms with Crippen LogP contribution in [-0.4, -0.2) is 78.7 Å². The topological polar surface area (TPSA) is 65.1 Å². The van der Waals surface area contributed by atoms with E-state index >= 15 is 0 Å². The van der Waals surface area contributed by atoms with Gasteiger partial charge in [0.25, 0.3) is 0 Å². The quantitative estimate of drug-likeness (QED) is 0.855. The molecule has 0 saturated carbocycles. The monoisotopic (exact) mass is 394 g/mol. The molecule has 0 aliphatic carbocycles. The minimum absolute atomic E-state index is 0.111. The molecule has 2 heterocycles. The molecule has 0 radical (unpaired) electrons. The molecule has 1 aromatic rings. The van der Waals surface area contributed by atoms with E-state index in [-0.39, 0.29) is 12.1 Å². The number of anilines is 1. The average Bonchev–Trinajstić information content (AvgIpc) is 2.70. The maximum atomic E-state index is 12.5. The number of piperazine rings is 1. The zero-order valence-electron chi connectivity index (χ0n) is 15.7. The van der Waals surface area contributed by atoms with Crippen LogP contribution in [0.25, 0.3) is 0 Å². The Labute approximate surface area is 165 Å². The van der Waals surface area contributed by atoms with Crippen molar-refractivity contribution < 1.29 is 14.3 Å². The van der Waals surface area contributed by atoms with E-state index in [0.29, 0.717) is 36.4 Å². The molecule has 3 amide bonds. The molecule has 0 spiro atoms. The molecule has 1 aromatic carbocycles. The lowest BCUT2D eigenvalue weighted by Gasteiger charge is -2.42. The summed E-state index contributed by atoms with van der Waals surface area (Å²) in [5.41, 5.74) is 0.637. The maximum Gasteiger partial charge on any atom is 0.409 e. The molecule has 1 N–H and O–H groups in total. The van der Waals surface area contributed by atoms with E-state index in [9.17, 15) is 9.59 Å². The molecule has 0 unspecified atom stereocenters. The van der Waals surface area contributed by atoms with Crippen LogP contribution in [0.1, 0.15) is 19.8 Å². The van der Waals surface area contributed by atoms with E-state index in [4.69, 9.17) is 16.3 Å². The number of carbonyl (C=O) groups excluding carboxylic acids is 2. The average molecular weight is 395 g/mol. The maximum absolute atomic E-state index is 12.5. The number of nitrogens with zero attached hydrogens (tertiary/aromatic N) is 3. The number of halogens is 1. The minimum atomic E-state index is -0.211. The lowest BCUT2D eigenvalue weighted by molar-refractivity contribution is 0.0581. The summed E-state index contributed by atoms with van der Waals surface area (Å²) in [4.78, 5) is 30.3. The van der Waals surface area contributed by atoms with Gasteiger partial charge in [-0.15, -0.1) is 0 Å². The largest absolute Gasteiger partial charge is 0.450 e. The zero-order chi connectivity index (χ0) is 19.2. The number of urea groups is 1. The lowest BCUT2D eigenvalue weighted by Crippen LogP contribution is -2.55. The van der Waals surface area contributed by atoms with Crippen LogP contribution in [0.4, 0.5) is 15.3 Å². The van der Waals surface area contributed by atoms with Crippen molar-refractivity contribution in [2.24, 2.45) is 0 Å². The zero-order valence-corrected chi connectivity index (χ0v) is 16.5. The standard InChI is InChI=1S/C19H27ClN4O3/c1-2-27-19(26)24-9-7-15(8-10-24)22-11-13-23(14-12-22)18(25)21-17-6-4-3-5-16(17)20/h3-6,15H,2,7-14H2,1H3,(H,21,25). The third-order valence-electron chi connectivity index (χ3n) is 5.22. The van der Waals surface area contributed by atoms with E-state index in [1.165, 1.54) is 0 Å². The van der Waals surface area contributed by atoms with Crippen molar-refractivity contribution in [2.45, 2.75) is 25.8 Å². The van der Waals surface area contributed by atoms with E-state index in [2.05, 4.69) is 10.2 Å². The van der Waals surface area contributed by atoms with Crippen LogP contribution in [0.5, 0.6) is 0 Å². The molecule has 148 valence electrons. The van der Waals surface area contributed by atoms with Gasteiger partial charge in [-0.1, -0.05) is 23.7 Å². The highest BCUT2D eigenvalue weighted by Gasteiger charge is 2.30. The van der Waals surface area contributed by atoms with Gasteiger partial charge in [-0.05, 0) is 31.9 Å². The van der Waals surface area contributed by atoms with Crippen LogP contribution in [0.3, 0.4) is 0 Å². The Hall–Kier alpha value is -1.99. The van der Waals surface area contributed by atoms with Gasteiger partial charge in [0, 0.05) is 45.3 Å². The molecule has 2 aliphatic heterocycles. The first-order chi connectivity index (χ1) is 13.1. The van der Waals surface area contributed by atoms with Gasteiger partial charge in [-0.2, -0.15) is 0 Å². The summed E-state index contributed by atoms with van der Waals surface area (Å²) in [7, 11) is 0. The smallest absolute Gasteiger partial charge is 0.409 e. The summed E-state index contributed by atoms with van der Waals surface area (Å²) in [5.74, 6) is 0. The summed E-state index contributed by atoms with van der Waals surface area (Å²) < 4.78 is 5.07. The summed E-state index contributed by atoms with van der Waals surface area (Å²) in [6.45, 7) is 6.78. The summed E-state index contributed by atoms with van der Waals surface area (Å²) >= 11 is 6.11. The number of hydrogen-bond acceptors (Lipinski definition) is 4. The van der Waals surface area contributed by atoms with E-state index in [0.717, 1.165) is 39.0 Å². The molecule has 27 heavy (non-hydrogen) atoms. The van der Waals surface area contributed by atoms with Crippen molar-refractivity contribution in [2.75, 3.05) is 51.2 Å². The number of hydrogen-bond donors (Lipinski definition) is 1. The molecule has 7 nitrogen and oxygen atoms in total. The van der Waals surface area contributed by atoms with Crippen LogP contribution in [0.15, 0.2) is 24.3 Å². The molecule has 0 aromatic heterocycles. The predicted molar refractivity (Wildman–Crippen MR) is 105 cm³/mol. The number of benzene rings is 1. The summed E-state index contributed by atoms with van der Waals surface area (Å²) in [6, 6.07) is 7.60. The highest BCUT2D eigenvalue weighted by atomic mass is 35.5. The first-order valence-corrected chi connectivity index (χ1v) is 9.92. The van der Waals surface area contributed by atoms with Crippen molar-refractivity contribution in [1.82, 2.24) is 14.7 Å². The summed E-state index contributed by atoms with van der Waals surface area (Å²) in [6.07, 6.45) is 1.69. The molecule has 3 rings (SSSR count). The molecular weight excluding hydrogens is 368 g/mol. The van der Waals surface area contributed by atoms with Gasteiger partial charge in [-0.3, -0.25) is 4.90 Å². The van der Waals surface area contributed by atoms with Gasteiger partial charge in [0.2, 0.25) is 0 Å². The fourth-order valence-electron chi connectivity index (χ4n) is 3.68. The molecule has 2 aliphatic rings. The second-order valence-electron chi connectivity index (χ2n) is 6.85. The molecule has 0 bridgehead atoms. The van der Waals surface area contributed by atoms with Crippen molar-refractivity contribution in [3.63, 3.8) is 0 Å². The Morgan fingerprint density at radius 3 is 2.37 bits per heavy atom. The van der Waals surface area contributed by atoms with E-state index < -0.39 is 0 Å². The van der Waals surface area contributed by atoms with Crippen molar-refractivity contribution >= 4 is 29.4 Å². The normalized spacial score (nSPS) is 19.0. The lowest BCUT2D eigenvalue weighted by atomic mass is 10.0. The third-order valence-corrected chi connectivity index (χ3v) is 5.55. The number of likely N-dealkylation sites (tertiary alicyclic amines) is 1. The van der Waals surface area contributed by atoms with Crippen LogP contribution < -0.4 is 5.32 Å². The van der Waals surface area contributed by atoms with Crippen molar-refractivity contribution in [3.05, 3.63) is 29.3 Å². The molecular formula is C19H27ClN4O3. The van der Waals surface area contributed by atoms with Crippen LogP contribution >= 0.6 is 11.6 Å². The van der Waals surface area contributed by atoms with Crippen molar-refractivity contribution in [3.8, 4) is 0 Å². The Morgan fingerprint density at radius 2 is 1.74 bits per heavy atom. The fourth-order valence-corrected chi connectivity index (χ4v) is 3.86. The van der Waals surface area contributed by atoms with Gasteiger partial charge < -0.3 is 19.9 Å². The van der Waals surface area contributed by atoms with Crippen LogP contribution in [0.2, 0.25) is 5.02 Å². The predicted octanol–water partition coefficient (Wildman–Crippen LogP) is 3.11. The number of piperidine rings is 1. The second-order valence-corrected chi connectivity index (χ2v) is 7.26. The highest BCUT2D eigenvalue weighted by molar-refractivity contribution is 6.33. The molecule has 2 saturated heterocycles. The molecule has 8 heteroatoms. The number of rotatable bonds is 3. The first kappa shape index (κ1) is 19.8. The van der Waals surface area contributed by atoms with E-state index in [1.54, 1.807) is 17.0 Å². The number of amides is 3. The Kier molecular flexibility index (Phi) is 6.79.